The van der Waals surface area contributed by atoms with Crippen LogP contribution in [0.25, 0.3) is 0 Å². The molecule has 1 nitrogen and oxygen atoms in total. The minimum Gasteiger partial charge on any atom is -0.385 e. The number of nitrogens with one attached hydrogen (secondary N) is 1. The van der Waals surface area contributed by atoms with E-state index in [-0.39, 0.29) is 0 Å². The number of benzene rings is 1. The molecule has 0 saturated heterocycles. The third-order valence-corrected chi connectivity index (χ3v) is 3.64. The zero-order chi connectivity index (χ0) is 11.8. The third kappa shape index (κ3) is 4.48. The molecule has 2 heteroatoms. The molecule has 16 heavy (non-hydrogen) atoms. The van der Waals surface area contributed by atoms with Crippen LogP contribution in [0.5, 0.6) is 0 Å². The summed E-state index contributed by atoms with van der Waals surface area (Å²) in [5.74, 6) is 1.91. The van der Waals surface area contributed by atoms with E-state index in [0.717, 1.165) is 6.54 Å². The quantitative estimate of drug-likeness (QED) is 0.707. The maximum Gasteiger partial charge on any atom is 0.0340 e. The second-order valence-corrected chi connectivity index (χ2v) is 5.19. The van der Waals surface area contributed by atoms with Gasteiger partial charge in [-0.3, -0.25) is 0 Å². The monoisotopic (exact) mass is 237 g/mol. The van der Waals surface area contributed by atoms with Gasteiger partial charge in [0, 0.05) is 12.2 Å². The molecule has 0 bridgehead atoms. The maximum atomic E-state index is 3.45. The van der Waals surface area contributed by atoms with Crippen LogP contribution in [0.3, 0.4) is 0 Å². The van der Waals surface area contributed by atoms with Crippen LogP contribution in [-0.2, 0) is 0 Å². The molecule has 1 N–H and O–H groups in total. The van der Waals surface area contributed by atoms with Gasteiger partial charge in [-0.15, -0.1) is 0 Å². The van der Waals surface area contributed by atoms with Crippen molar-refractivity contribution in [1.82, 2.24) is 0 Å². The highest BCUT2D eigenvalue weighted by molar-refractivity contribution is 7.98. The van der Waals surface area contributed by atoms with Crippen molar-refractivity contribution in [3.8, 4) is 0 Å². The van der Waals surface area contributed by atoms with Gasteiger partial charge in [-0.1, -0.05) is 26.0 Å². The molecular weight excluding hydrogens is 214 g/mol. The summed E-state index contributed by atoms with van der Waals surface area (Å²) in [6.07, 6.45) is 4.59. The Morgan fingerprint density at radius 1 is 1.25 bits per heavy atom. The normalized spacial score (nSPS) is 12.4. The Kier molecular flexibility index (Phi) is 6.39. The molecule has 0 amide bonds. The van der Waals surface area contributed by atoms with Crippen molar-refractivity contribution < 1.29 is 0 Å². The molecule has 1 atom stereocenters. The van der Waals surface area contributed by atoms with E-state index in [1.807, 2.05) is 11.8 Å². The molecule has 0 radical (unpaired) electrons. The summed E-state index contributed by atoms with van der Waals surface area (Å²) >= 11 is 1.91. The highest BCUT2D eigenvalue weighted by Gasteiger charge is 2.01. The smallest absolute Gasteiger partial charge is 0.0340 e. The van der Waals surface area contributed by atoms with E-state index in [1.54, 1.807) is 0 Å². The lowest BCUT2D eigenvalue weighted by Crippen LogP contribution is -2.02. The molecule has 1 aromatic carbocycles. The molecule has 1 aromatic rings. The molecule has 0 aliphatic rings. The molecule has 0 fully saturated rings. The third-order valence-electron chi connectivity index (χ3n) is 2.95. The second kappa shape index (κ2) is 7.61. The van der Waals surface area contributed by atoms with E-state index >= 15 is 0 Å². The predicted octanol–water partition coefficient (Wildman–Crippen LogP) is 4.37. The number of hydrogen-bond donors (Lipinski definition) is 1. The molecule has 1 unspecified atom stereocenters. The number of hydrogen-bond acceptors (Lipinski definition) is 2. The van der Waals surface area contributed by atoms with Crippen molar-refractivity contribution in [2.45, 2.75) is 32.6 Å². The van der Waals surface area contributed by atoms with Gasteiger partial charge < -0.3 is 5.32 Å². The van der Waals surface area contributed by atoms with E-state index < -0.39 is 0 Å². The van der Waals surface area contributed by atoms with Crippen molar-refractivity contribution >= 4 is 17.4 Å². The van der Waals surface area contributed by atoms with E-state index in [9.17, 15) is 0 Å². The molecule has 0 aliphatic carbocycles. The molecule has 1 rings (SSSR count). The Labute approximate surface area is 104 Å². The van der Waals surface area contributed by atoms with Gasteiger partial charge >= 0.3 is 0 Å². The summed E-state index contributed by atoms with van der Waals surface area (Å²) in [5, 5.41) is 3.45. The second-order valence-electron chi connectivity index (χ2n) is 4.20. The van der Waals surface area contributed by atoms with E-state index in [2.05, 4.69) is 49.7 Å². The van der Waals surface area contributed by atoms with Crippen molar-refractivity contribution in [2.24, 2.45) is 0 Å². The van der Waals surface area contributed by atoms with Crippen molar-refractivity contribution in [1.29, 1.82) is 0 Å². The van der Waals surface area contributed by atoms with Gasteiger partial charge in [0.25, 0.3) is 0 Å². The summed E-state index contributed by atoms with van der Waals surface area (Å²) in [4.78, 5) is 0. The standard InChI is InChI=1S/C14H23NS/c1-4-12(2)13-6-8-14(9-7-13)15-10-5-11-16-3/h6-9,12,15H,4-5,10-11H2,1-3H3. The number of anilines is 1. The fourth-order valence-corrected chi connectivity index (χ4v) is 2.05. The fourth-order valence-electron chi connectivity index (χ4n) is 1.61. The van der Waals surface area contributed by atoms with Gasteiger partial charge in [0.1, 0.15) is 0 Å². The molecule has 0 heterocycles. The molecule has 0 aliphatic heterocycles. The summed E-state index contributed by atoms with van der Waals surface area (Å²) in [6, 6.07) is 8.87. The fraction of sp³-hybridized carbons (Fsp3) is 0.571. The molecule has 0 saturated carbocycles. The van der Waals surface area contributed by atoms with Gasteiger partial charge in [0.2, 0.25) is 0 Å². The van der Waals surface area contributed by atoms with Crippen LogP contribution < -0.4 is 5.32 Å². The van der Waals surface area contributed by atoms with Gasteiger partial charge in [-0.05, 0) is 48.5 Å². The minimum atomic E-state index is 0.672. The predicted molar refractivity (Wildman–Crippen MR) is 76.6 cm³/mol. The first-order valence-corrected chi connectivity index (χ1v) is 7.50. The molecular formula is C14H23NS. The summed E-state index contributed by atoms with van der Waals surface area (Å²) < 4.78 is 0. The maximum absolute atomic E-state index is 3.45. The molecule has 90 valence electrons. The van der Waals surface area contributed by atoms with Crippen LogP contribution in [0.4, 0.5) is 5.69 Å². The minimum absolute atomic E-state index is 0.672. The highest BCUT2D eigenvalue weighted by atomic mass is 32.2. The van der Waals surface area contributed by atoms with E-state index in [1.165, 1.54) is 29.8 Å². The van der Waals surface area contributed by atoms with Crippen LogP contribution in [0.2, 0.25) is 0 Å². The van der Waals surface area contributed by atoms with Gasteiger partial charge in [0.05, 0.1) is 0 Å². The highest BCUT2D eigenvalue weighted by Crippen LogP contribution is 2.20. The lowest BCUT2D eigenvalue weighted by atomic mass is 9.99. The van der Waals surface area contributed by atoms with Crippen LogP contribution in [-0.4, -0.2) is 18.6 Å². The van der Waals surface area contributed by atoms with E-state index in [0.29, 0.717) is 5.92 Å². The first-order valence-electron chi connectivity index (χ1n) is 6.10. The Morgan fingerprint density at radius 3 is 2.50 bits per heavy atom. The number of thioether (sulfide) groups is 1. The lowest BCUT2D eigenvalue weighted by Gasteiger charge is -2.10. The Hall–Kier alpha value is -0.630. The van der Waals surface area contributed by atoms with Gasteiger partial charge in [-0.2, -0.15) is 11.8 Å². The Bertz CT molecular complexity index is 281. The summed E-state index contributed by atoms with van der Waals surface area (Å²) in [7, 11) is 0. The zero-order valence-electron chi connectivity index (χ0n) is 10.6. The first-order chi connectivity index (χ1) is 7.77. The van der Waals surface area contributed by atoms with Gasteiger partial charge in [0.15, 0.2) is 0 Å². The van der Waals surface area contributed by atoms with Crippen molar-refractivity contribution in [2.75, 3.05) is 23.9 Å². The number of rotatable bonds is 7. The molecule has 0 aromatic heterocycles. The van der Waals surface area contributed by atoms with Crippen LogP contribution in [0.15, 0.2) is 24.3 Å². The van der Waals surface area contributed by atoms with Crippen molar-refractivity contribution in [3.05, 3.63) is 29.8 Å². The topological polar surface area (TPSA) is 12.0 Å². The summed E-state index contributed by atoms with van der Waals surface area (Å²) in [5.41, 5.74) is 2.69. The zero-order valence-corrected chi connectivity index (χ0v) is 11.4. The summed E-state index contributed by atoms with van der Waals surface area (Å²) in [6.45, 7) is 5.59. The largest absolute Gasteiger partial charge is 0.385 e. The van der Waals surface area contributed by atoms with E-state index in [4.69, 9.17) is 0 Å². The van der Waals surface area contributed by atoms with Crippen LogP contribution >= 0.6 is 11.8 Å². The average molecular weight is 237 g/mol. The Morgan fingerprint density at radius 2 is 1.94 bits per heavy atom. The van der Waals surface area contributed by atoms with Gasteiger partial charge in [-0.25, -0.2) is 0 Å². The van der Waals surface area contributed by atoms with Crippen LogP contribution in [0.1, 0.15) is 38.2 Å². The Balaban J connectivity index is 2.39. The first kappa shape index (κ1) is 13.4. The van der Waals surface area contributed by atoms with Crippen LogP contribution in [0, 0.1) is 0 Å². The average Bonchev–Trinajstić information content (AvgIpc) is 2.34. The molecule has 0 spiro atoms. The SMILES string of the molecule is CCC(C)c1ccc(NCCCSC)cc1. The lowest BCUT2D eigenvalue weighted by molar-refractivity contribution is 0.734. The van der Waals surface area contributed by atoms with Crippen molar-refractivity contribution in [3.63, 3.8) is 0 Å².